The number of carboxylic acids is 1. The largest absolute Gasteiger partial charge is 3.00 e. The van der Waals surface area contributed by atoms with E-state index in [-0.39, 0.29) is 31.4 Å². The molecule has 3 aromatic rings. The summed E-state index contributed by atoms with van der Waals surface area (Å²) < 4.78 is 26.7. The second-order valence-corrected chi connectivity index (χ2v) is 4.45. The molecule has 5 nitrogen and oxygen atoms in total. The van der Waals surface area contributed by atoms with Crippen LogP contribution in [0.15, 0.2) is 48.8 Å². The van der Waals surface area contributed by atoms with Crippen molar-refractivity contribution in [1.29, 1.82) is 5.26 Å². The van der Waals surface area contributed by atoms with Gasteiger partial charge in [0, 0.05) is 11.8 Å². The maximum absolute atomic E-state index is 13.7. The minimum absolute atomic E-state index is 0. The number of carbonyl (C=O) groups excluding carboxylic acids is 1. The normalized spacial score (nSPS) is 9.12. The van der Waals surface area contributed by atoms with Crippen LogP contribution in [0.2, 0.25) is 0 Å². The molecule has 0 spiro atoms. The molecule has 0 saturated heterocycles. The zero-order valence-electron chi connectivity index (χ0n) is 12.9. The summed E-state index contributed by atoms with van der Waals surface area (Å²) in [6.45, 7) is 0. The Morgan fingerprint density at radius 1 is 1.15 bits per heavy atom. The fourth-order valence-electron chi connectivity index (χ4n) is 1.74. The van der Waals surface area contributed by atoms with Gasteiger partial charge in [-0.1, -0.05) is 17.7 Å². The van der Waals surface area contributed by atoms with E-state index in [0.29, 0.717) is 5.69 Å². The molecule has 2 aromatic heterocycles. The van der Waals surface area contributed by atoms with Crippen molar-refractivity contribution in [3.8, 4) is 17.3 Å². The molecule has 0 radical (unpaired) electrons. The standard InChI is InChI=1S/C12H5F2N2.C6H4NO2.Ir/c13-10-5-4-8(12(14)9(10)7-15)11-3-1-2-6-16-11;8-6(9)5-3-1-2-4-7-5;/h1-3,5-6H;1-2,4H,(H,8,9);/q2*-1;+3/p-1. The van der Waals surface area contributed by atoms with E-state index in [4.69, 9.17) is 5.26 Å². The van der Waals surface area contributed by atoms with Gasteiger partial charge in [-0.2, -0.15) is 17.4 Å². The number of rotatable bonds is 2. The maximum Gasteiger partial charge on any atom is 3.00 e. The first-order chi connectivity index (χ1) is 12.0. The third-order valence-electron chi connectivity index (χ3n) is 2.85. The Morgan fingerprint density at radius 2 is 1.88 bits per heavy atom. The van der Waals surface area contributed by atoms with Crippen LogP contribution in [0.5, 0.6) is 0 Å². The number of aromatic carboxylic acids is 1. The van der Waals surface area contributed by atoms with E-state index < -0.39 is 23.2 Å². The summed E-state index contributed by atoms with van der Waals surface area (Å²) in [5, 5.41) is 18.6. The Hall–Kier alpha value is -3.01. The molecule has 2 heterocycles. The van der Waals surface area contributed by atoms with Crippen molar-refractivity contribution in [2.45, 2.75) is 0 Å². The molecule has 130 valence electrons. The Balaban J connectivity index is 0.000000290. The Kier molecular flexibility index (Phi) is 8.16. The molecule has 0 saturated carbocycles. The van der Waals surface area contributed by atoms with Gasteiger partial charge >= 0.3 is 20.1 Å². The second-order valence-electron chi connectivity index (χ2n) is 4.45. The molecule has 0 aliphatic rings. The molecule has 0 N–H and O–H groups in total. The number of pyridine rings is 2. The number of aromatic nitrogens is 2. The van der Waals surface area contributed by atoms with Gasteiger partial charge in [-0.05, 0) is 29.6 Å². The number of benzene rings is 1. The molecule has 0 atom stereocenters. The minimum atomic E-state index is -1.30. The van der Waals surface area contributed by atoms with Crippen LogP contribution in [-0.2, 0) is 20.1 Å². The molecule has 0 amide bonds. The number of hydrogen-bond acceptors (Lipinski definition) is 5. The fraction of sp³-hybridized carbons (Fsp3) is 0. The van der Waals surface area contributed by atoms with Gasteiger partial charge in [-0.15, -0.1) is 18.2 Å². The van der Waals surface area contributed by atoms with E-state index in [2.05, 4.69) is 22.1 Å². The quantitative estimate of drug-likeness (QED) is 0.475. The van der Waals surface area contributed by atoms with Gasteiger partial charge in [0.15, 0.2) is 0 Å². The van der Waals surface area contributed by atoms with Crippen molar-refractivity contribution in [3.05, 3.63) is 83.8 Å². The number of hydrogen-bond donors (Lipinski definition) is 0. The second kappa shape index (κ2) is 10.1. The first-order valence-electron chi connectivity index (χ1n) is 6.79. The summed E-state index contributed by atoms with van der Waals surface area (Å²) in [7, 11) is 0. The van der Waals surface area contributed by atoms with Crippen molar-refractivity contribution in [2.75, 3.05) is 0 Å². The molecule has 0 fully saturated rings. The van der Waals surface area contributed by atoms with Crippen LogP contribution in [0.3, 0.4) is 0 Å². The first kappa shape index (κ1) is 21.0. The van der Waals surface area contributed by atoms with Crippen molar-refractivity contribution in [1.82, 2.24) is 9.97 Å². The smallest absolute Gasteiger partial charge is 0.619 e. The number of carbonyl (C=O) groups is 1. The van der Waals surface area contributed by atoms with Gasteiger partial charge in [-0.3, -0.25) is 13.8 Å². The molecular weight excluding hydrogens is 520 g/mol. The van der Waals surface area contributed by atoms with Crippen molar-refractivity contribution >= 4 is 5.97 Å². The molecule has 0 unspecified atom stereocenters. The third-order valence-corrected chi connectivity index (χ3v) is 2.85. The molecular formula is C18H8F2IrN3O2. The average molecular weight is 528 g/mol. The maximum atomic E-state index is 13.7. The van der Waals surface area contributed by atoms with Gasteiger partial charge in [0.2, 0.25) is 0 Å². The van der Waals surface area contributed by atoms with Crippen LogP contribution in [0.25, 0.3) is 11.3 Å². The zero-order valence-corrected chi connectivity index (χ0v) is 15.3. The van der Waals surface area contributed by atoms with Crippen molar-refractivity contribution < 1.29 is 38.8 Å². The van der Waals surface area contributed by atoms with Crippen molar-refractivity contribution in [3.63, 3.8) is 0 Å². The van der Waals surface area contributed by atoms with Gasteiger partial charge in [-0.25, -0.2) is 0 Å². The van der Waals surface area contributed by atoms with Gasteiger partial charge in [0.05, 0.1) is 17.7 Å². The summed E-state index contributed by atoms with van der Waals surface area (Å²) in [5.41, 5.74) is -0.452. The van der Waals surface area contributed by atoms with Crippen LogP contribution in [0.1, 0.15) is 16.1 Å². The molecule has 0 aliphatic carbocycles. The summed E-state index contributed by atoms with van der Waals surface area (Å²) in [5.74, 6) is -3.14. The van der Waals surface area contributed by atoms with Crippen LogP contribution < -0.4 is 5.11 Å². The molecule has 1 aromatic carbocycles. The minimum Gasteiger partial charge on any atom is -0.619 e. The molecule has 0 bridgehead atoms. The summed E-state index contributed by atoms with van der Waals surface area (Å²) in [6, 6.07) is 15.2. The average Bonchev–Trinajstić information content (AvgIpc) is 2.64. The number of carboxylic acid groups (broad SMARTS) is 1. The molecule has 3 rings (SSSR count). The van der Waals surface area contributed by atoms with Gasteiger partial charge < -0.3 is 14.9 Å². The van der Waals surface area contributed by atoms with Gasteiger partial charge in [0.1, 0.15) is 0 Å². The zero-order chi connectivity index (χ0) is 18.2. The fourth-order valence-corrected chi connectivity index (χ4v) is 1.74. The molecule has 26 heavy (non-hydrogen) atoms. The van der Waals surface area contributed by atoms with E-state index >= 15 is 0 Å². The van der Waals surface area contributed by atoms with Gasteiger partial charge in [0.25, 0.3) is 0 Å². The SMILES string of the molecule is N#Cc1c(F)c[c-]c(-c2ccccn2)c1F.O=C([O-])c1[c-]cccn1.[Ir+3]. The predicted molar refractivity (Wildman–Crippen MR) is 80.5 cm³/mol. The monoisotopic (exact) mass is 529 g/mol. The first-order valence-corrected chi connectivity index (χ1v) is 6.79. The van der Waals surface area contributed by atoms with E-state index in [1.54, 1.807) is 24.3 Å². The van der Waals surface area contributed by atoms with Crippen LogP contribution >= 0.6 is 0 Å². The Labute approximate surface area is 161 Å². The summed E-state index contributed by atoms with van der Waals surface area (Å²) in [4.78, 5) is 17.4. The van der Waals surface area contributed by atoms with Crippen LogP contribution in [-0.4, -0.2) is 15.9 Å². The van der Waals surface area contributed by atoms with Crippen LogP contribution in [0.4, 0.5) is 8.78 Å². The van der Waals surface area contributed by atoms with Crippen LogP contribution in [0, 0.1) is 35.1 Å². The number of nitrogens with zero attached hydrogens (tertiary/aromatic N) is 3. The predicted octanol–water partition coefficient (Wildman–Crippen LogP) is 1.94. The van der Waals surface area contributed by atoms with E-state index in [1.807, 2.05) is 0 Å². The number of halogens is 2. The summed E-state index contributed by atoms with van der Waals surface area (Å²) >= 11 is 0. The summed E-state index contributed by atoms with van der Waals surface area (Å²) in [6.07, 6.45) is 2.86. The molecule has 0 aliphatic heterocycles. The third kappa shape index (κ3) is 5.24. The Morgan fingerprint density at radius 3 is 2.38 bits per heavy atom. The van der Waals surface area contributed by atoms with E-state index in [9.17, 15) is 18.7 Å². The van der Waals surface area contributed by atoms with E-state index in [1.165, 1.54) is 24.5 Å². The molecule has 8 heteroatoms. The van der Waals surface area contributed by atoms with Crippen molar-refractivity contribution in [2.24, 2.45) is 0 Å². The van der Waals surface area contributed by atoms with E-state index in [0.717, 1.165) is 6.07 Å². The topological polar surface area (TPSA) is 89.7 Å². The Bertz CT molecular complexity index is 917. The number of nitriles is 1.